The number of rotatable bonds is 3. The Morgan fingerprint density at radius 3 is 2.30 bits per heavy atom. The molecule has 0 aliphatic heterocycles. The van der Waals surface area contributed by atoms with E-state index in [4.69, 9.17) is 5.73 Å². The average Bonchev–Trinajstić information content (AvgIpc) is 1.87. The summed E-state index contributed by atoms with van der Waals surface area (Å²) in [4.78, 5) is 10.0. The number of amides is 1. The van der Waals surface area contributed by atoms with Gasteiger partial charge in [-0.05, 0) is 6.92 Å². The van der Waals surface area contributed by atoms with Crippen LogP contribution < -0.4 is 5.73 Å². The Hall–Kier alpha value is -1.31. The summed E-state index contributed by atoms with van der Waals surface area (Å²) in [6.07, 6.45) is 9.95. The standard InChI is InChI=1S/C8H10NO/c1-2-3-4-5-6-7-8(9)10/h2-7,9H,1H3/b3-2+,5-4+,7-6+. The fraction of sp³-hybridized carbons (Fsp3) is 0.125. The van der Waals surface area contributed by atoms with Crippen LogP contribution in [0.2, 0.25) is 0 Å². The Bertz CT molecular complexity index is 178. The minimum Gasteiger partial charge on any atom is -0.268 e. The first-order valence-corrected chi connectivity index (χ1v) is 2.99. The summed E-state index contributed by atoms with van der Waals surface area (Å²) < 4.78 is 0. The topological polar surface area (TPSA) is 40.9 Å². The molecule has 10 heavy (non-hydrogen) atoms. The van der Waals surface area contributed by atoms with Crippen LogP contribution in [0.4, 0.5) is 0 Å². The maximum atomic E-state index is 10.0. The van der Waals surface area contributed by atoms with Crippen LogP contribution in [0.1, 0.15) is 6.92 Å². The molecule has 0 bridgehead atoms. The van der Waals surface area contributed by atoms with E-state index in [1.165, 1.54) is 12.2 Å². The third kappa shape index (κ3) is 6.69. The second kappa shape index (κ2) is 5.82. The Kier molecular flexibility index (Phi) is 5.06. The Morgan fingerprint density at radius 1 is 1.20 bits per heavy atom. The zero-order valence-electron chi connectivity index (χ0n) is 5.87. The summed E-state index contributed by atoms with van der Waals surface area (Å²) in [6.45, 7) is 1.91. The van der Waals surface area contributed by atoms with Crippen molar-refractivity contribution in [1.29, 1.82) is 0 Å². The SMILES string of the molecule is C/C=C/C=C/C=C/C([NH])=O. The normalized spacial score (nSPS) is 12.1. The summed E-state index contributed by atoms with van der Waals surface area (Å²) in [5.74, 6) is -0.676. The smallest absolute Gasteiger partial charge is 0.262 e. The summed E-state index contributed by atoms with van der Waals surface area (Å²) in [6, 6.07) is 0. The highest BCUT2D eigenvalue weighted by molar-refractivity contribution is 5.85. The molecule has 0 atom stereocenters. The lowest BCUT2D eigenvalue weighted by atomic mass is 10.4. The molecule has 2 nitrogen and oxygen atoms in total. The van der Waals surface area contributed by atoms with E-state index >= 15 is 0 Å². The highest BCUT2D eigenvalue weighted by atomic mass is 16.1. The molecular weight excluding hydrogens is 126 g/mol. The van der Waals surface area contributed by atoms with Gasteiger partial charge in [-0.2, -0.15) is 0 Å². The minimum atomic E-state index is -0.676. The number of hydrogen-bond donors (Lipinski definition) is 0. The zero-order chi connectivity index (χ0) is 7.82. The van der Waals surface area contributed by atoms with Crippen molar-refractivity contribution in [1.82, 2.24) is 5.73 Å². The van der Waals surface area contributed by atoms with Gasteiger partial charge >= 0.3 is 0 Å². The predicted octanol–water partition coefficient (Wildman–Crippen LogP) is 1.48. The van der Waals surface area contributed by atoms with Crippen LogP contribution in [-0.4, -0.2) is 5.91 Å². The van der Waals surface area contributed by atoms with Crippen LogP contribution in [0, 0.1) is 0 Å². The molecule has 1 N–H and O–H groups in total. The highest BCUT2D eigenvalue weighted by Gasteiger charge is 1.77. The molecule has 0 aromatic heterocycles. The minimum absolute atomic E-state index is 0.676. The van der Waals surface area contributed by atoms with Crippen LogP contribution in [0.3, 0.4) is 0 Å². The Balaban J connectivity index is 3.62. The van der Waals surface area contributed by atoms with Gasteiger partial charge in [-0.3, -0.25) is 10.5 Å². The number of carbonyl (C=O) groups excluding carboxylic acids is 1. The number of carbonyl (C=O) groups is 1. The molecular formula is C8H10NO. The van der Waals surface area contributed by atoms with Crippen LogP contribution >= 0.6 is 0 Å². The van der Waals surface area contributed by atoms with Crippen molar-refractivity contribution in [2.24, 2.45) is 0 Å². The van der Waals surface area contributed by atoms with E-state index < -0.39 is 5.91 Å². The zero-order valence-corrected chi connectivity index (χ0v) is 5.87. The number of nitrogens with one attached hydrogen (secondary N) is 1. The van der Waals surface area contributed by atoms with Gasteiger partial charge in [-0.25, -0.2) is 0 Å². The molecule has 0 aromatic rings. The van der Waals surface area contributed by atoms with Gasteiger partial charge in [0.1, 0.15) is 0 Å². The van der Waals surface area contributed by atoms with E-state index in [1.807, 2.05) is 19.1 Å². The molecule has 0 unspecified atom stereocenters. The first kappa shape index (κ1) is 8.69. The Morgan fingerprint density at radius 2 is 1.80 bits per heavy atom. The van der Waals surface area contributed by atoms with E-state index in [0.29, 0.717) is 0 Å². The van der Waals surface area contributed by atoms with E-state index in [0.717, 1.165) is 0 Å². The molecule has 1 amide bonds. The van der Waals surface area contributed by atoms with Gasteiger partial charge in [0.2, 0.25) is 0 Å². The summed E-state index contributed by atoms with van der Waals surface area (Å²) in [7, 11) is 0. The van der Waals surface area contributed by atoms with Gasteiger partial charge in [-0.15, -0.1) is 0 Å². The van der Waals surface area contributed by atoms with Crippen molar-refractivity contribution in [3.05, 3.63) is 36.5 Å². The molecule has 0 rings (SSSR count). The fourth-order valence-corrected chi connectivity index (χ4v) is 0.382. The second-order valence-corrected chi connectivity index (χ2v) is 1.63. The average molecular weight is 136 g/mol. The second-order valence-electron chi connectivity index (χ2n) is 1.63. The van der Waals surface area contributed by atoms with Crippen LogP contribution in [-0.2, 0) is 4.79 Å². The molecule has 1 radical (unpaired) electrons. The summed E-state index contributed by atoms with van der Waals surface area (Å²) in [5, 5.41) is 0. The van der Waals surface area contributed by atoms with Crippen molar-refractivity contribution in [2.75, 3.05) is 0 Å². The van der Waals surface area contributed by atoms with Gasteiger partial charge in [0.05, 0.1) is 0 Å². The molecule has 0 saturated carbocycles. The monoisotopic (exact) mass is 136 g/mol. The number of allylic oxidation sites excluding steroid dienone is 5. The third-order valence-electron chi connectivity index (χ3n) is 0.773. The molecule has 0 aliphatic rings. The lowest BCUT2D eigenvalue weighted by molar-refractivity contribution is -0.114. The summed E-state index contributed by atoms with van der Waals surface area (Å²) >= 11 is 0. The van der Waals surface area contributed by atoms with Gasteiger partial charge in [0.15, 0.2) is 0 Å². The quantitative estimate of drug-likeness (QED) is 0.428. The van der Waals surface area contributed by atoms with Crippen molar-refractivity contribution in [2.45, 2.75) is 6.92 Å². The van der Waals surface area contributed by atoms with Crippen LogP contribution in [0.15, 0.2) is 36.5 Å². The molecule has 0 heterocycles. The van der Waals surface area contributed by atoms with E-state index in [1.54, 1.807) is 12.2 Å². The molecule has 0 saturated heterocycles. The largest absolute Gasteiger partial charge is 0.268 e. The fourth-order valence-electron chi connectivity index (χ4n) is 0.382. The molecule has 2 heteroatoms. The van der Waals surface area contributed by atoms with E-state index in [2.05, 4.69) is 0 Å². The van der Waals surface area contributed by atoms with Crippen molar-refractivity contribution in [3.8, 4) is 0 Å². The molecule has 53 valence electrons. The lowest BCUT2D eigenvalue weighted by Crippen LogP contribution is -1.88. The Labute approximate surface area is 60.7 Å². The lowest BCUT2D eigenvalue weighted by Gasteiger charge is -1.73. The molecule has 0 aliphatic carbocycles. The van der Waals surface area contributed by atoms with Crippen molar-refractivity contribution in [3.63, 3.8) is 0 Å². The highest BCUT2D eigenvalue weighted by Crippen LogP contribution is 1.78. The first-order chi connectivity index (χ1) is 4.77. The number of hydrogen-bond acceptors (Lipinski definition) is 1. The van der Waals surface area contributed by atoms with E-state index in [9.17, 15) is 4.79 Å². The van der Waals surface area contributed by atoms with Crippen LogP contribution in [0.25, 0.3) is 0 Å². The van der Waals surface area contributed by atoms with Crippen molar-refractivity contribution < 1.29 is 4.79 Å². The van der Waals surface area contributed by atoms with Gasteiger partial charge in [-0.1, -0.05) is 30.4 Å². The third-order valence-corrected chi connectivity index (χ3v) is 0.773. The predicted molar refractivity (Wildman–Crippen MR) is 41.2 cm³/mol. The van der Waals surface area contributed by atoms with E-state index in [-0.39, 0.29) is 0 Å². The van der Waals surface area contributed by atoms with Crippen LogP contribution in [0.5, 0.6) is 0 Å². The molecule has 0 fully saturated rings. The van der Waals surface area contributed by atoms with Crippen molar-refractivity contribution >= 4 is 5.91 Å². The first-order valence-electron chi connectivity index (χ1n) is 2.99. The maximum absolute atomic E-state index is 10.0. The maximum Gasteiger partial charge on any atom is 0.262 e. The van der Waals surface area contributed by atoms with Gasteiger partial charge in [0, 0.05) is 6.08 Å². The summed E-state index contributed by atoms with van der Waals surface area (Å²) in [5.41, 5.74) is 6.48. The molecule has 0 aromatic carbocycles. The van der Waals surface area contributed by atoms with Gasteiger partial charge < -0.3 is 0 Å². The van der Waals surface area contributed by atoms with Gasteiger partial charge in [0.25, 0.3) is 5.91 Å². The molecule has 0 spiro atoms.